The van der Waals surface area contributed by atoms with E-state index in [1.54, 1.807) is 12.5 Å². The molecule has 2 aromatic rings. The molecule has 0 unspecified atom stereocenters. The number of hydrogen-bond donors (Lipinski definition) is 0. The Morgan fingerprint density at radius 2 is 2.06 bits per heavy atom. The number of aromatic nitrogens is 2. The Morgan fingerprint density at radius 3 is 2.72 bits per heavy atom. The summed E-state index contributed by atoms with van der Waals surface area (Å²) in [7, 11) is 0. The average Bonchev–Trinajstić information content (AvgIpc) is 2.77. The van der Waals surface area contributed by atoms with Gasteiger partial charge in [0, 0.05) is 13.5 Å². The summed E-state index contributed by atoms with van der Waals surface area (Å²) in [5.41, 5.74) is 3.33. The fraction of sp³-hybridized carbons (Fsp3) is 0.286. The maximum absolute atomic E-state index is 10.8. The first-order chi connectivity index (χ1) is 8.65. The molecule has 18 heavy (non-hydrogen) atoms. The van der Waals surface area contributed by atoms with Crippen LogP contribution in [0.25, 0.3) is 0 Å². The predicted molar refractivity (Wildman–Crippen MR) is 68.0 cm³/mol. The number of hydrogen-bond acceptors (Lipinski definition) is 3. The molecule has 0 saturated carbocycles. The fourth-order valence-electron chi connectivity index (χ4n) is 1.68. The fourth-order valence-corrected chi connectivity index (χ4v) is 1.68. The van der Waals surface area contributed by atoms with Crippen molar-refractivity contribution in [2.75, 3.05) is 0 Å². The molecule has 0 aliphatic carbocycles. The van der Waals surface area contributed by atoms with E-state index in [0.29, 0.717) is 0 Å². The van der Waals surface area contributed by atoms with Gasteiger partial charge in [-0.05, 0) is 12.5 Å². The molecule has 0 spiro atoms. The third-order valence-corrected chi connectivity index (χ3v) is 2.70. The Morgan fingerprint density at radius 1 is 1.33 bits per heavy atom. The van der Waals surface area contributed by atoms with Crippen LogP contribution in [0.2, 0.25) is 0 Å². The van der Waals surface area contributed by atoms with Crippen molar-refractivity contribution in [3.63, 3.8) is 0 Å². The minimum atomic E-state index is -0.280. The van der Waals surface area contributed by atoms with Gasteiger partial charge >= 0.3 is 5.97 Å². The summed E-state index contributed by atoms with van der Waals surface area (Å²) in [5, 5.41) is 0. The number of esters is 1. The van der Waals surface area contributed by atoms with Crippen LogP contribution in [-0.2, 0) is 22.7 Å². The number of aryl methyl sites for hydroxylation is 1. The maximum Gasteiger partial charge on any atom is 0.303 e. The largest absolute Gasteiger partial charge is 0.459 e. The van der Waals surface area contributed by atoms with E-state index in [9.17, 15) is 4.79 Å². The third kappa shape index (κ3) is 3.20. The van der Waals surface area contributed by atoms with E-state index in [1.165, 1.54) is 18.1 Å². The van der Waals surface area contributed by atoms with Crippen molar-refractivity contribution in [3.05, 3.63) is 53.6 Å². The van der Waals surface area contributed by atoms with E-state index in [4.69, 9.17) is 4.74 Å². The van der Waals surface area contributed by atoms with E-state index in [1.807, 2.05) is 4.57 Å². The maximum atomic E-state index is 10.8. The van der Waals surface area contributed by atoms with Crippen LogP contribution >= 0.6 is 0 Å². The molecule has 1 aromatic heterocycles. The molecule has 0 aliphatic heterocycles. The van der Waals surface area contributed by atoms with Gasteiger partial charge in [-0.1, -0.05) is 29.8 Å². The Hall–Kier alpha value is -2.10. The van der Waals surface area contributed by atoms with Crippen LogP contribution in [0, 0.1) is 6.92 Å². The SMILES string of the molecule is CC(=O)OCc1cncn1Cc1ccc(C)cc1. The highest BCUT2D eigenvalue weighted by atomic mass is 16.5. The second kappa shape index (κ2) is 5.49. The summed E-state index contributed by atoms with van der Waals surface area (Å²) < 4.78 is 6.96. The van der Waals surface area contributed by atoms with Gasteiger partial charge in [0.25, 0.3) is 0 Å². The van der Waals surface area contributed by atoms with Gasteiger partial charge in [0.2, 0.25) is 0 Å². The first-order valence-corrected chi connectivity index (χ1v) is 5.83. The van der Waals surface area contributed by atoms with Gasteiger partial charge in [0.1, 0.15) is 6.61 Å². The van der Waals surface area contributed by atoms with Crippen molar-refractivity contribution in [2.24, 2.45) is 0 Å². The molecule has 0 N–H and O–H groups in total. The van der Waals surface area contributed by atoms with Crippen LogP contribution in [0.3, 0.4) is 0 Å². The quantitative estimate of drug-likeness (QED) is 0.775. The van der Waals surface area contributed by atoms with Crippen molar-refractivity contribution in [1.82, 2.24) is 9.55 Å². The van der Waals surface area contributed by atoms with Gasteiger partial charge in [-0.25, -0.2) is 4.98 Å². The van der Waals surface area contributed by atoms with E-state index in [-0.39, 0.29) is 12.6 Å². The number of nitrogens with zero attached hydrogens (tertiary/aromatic N) is 2. The number of rotatable bonds is 4. The normalized spacial score (nSPS) is 10.3. The summed E-state index contributed by atoms with van der Waals surface area (Å²) >= 11 is 0. The highest BCUT2D eigenvalue weighted by Crippen LogP contribution is 2.09. The number of ether oxygens (including phenoxy) is 1. The van der Waals surface area contributed by atoms with Crippen molar-refractivity contribution in [1.29, 1.82) is 0 Å². The van der Waals surface area contributed by atoms with Gasteiger partial charge in [0.15, 0.2) is 0 Å². The average molecular weight is 244 g/mol. The van der Waals surface area contributed by atoms with Crippen molar-refractivity contribution >= 4 is 5.97 Å². The molecule has 0 fully saturated rings. The van der Waals surface area contributed by atoms with Gasteiger partial charge in [0.05, 0.1) is 18.2 Å². The molecule has 94 valence electrons. The molecule has 1 aromatic carbocycles. The van der Waals surface area contributed by atoms with Crippen LogP contribution in [0.5, 0.6) is 0 Å². The molecule has 2 rings (SSSR count). The van der Waals surface area contributed by atoms with Crippen molar-refractivity contribution < 1.29 is 9.53 Å². The second-order valence-corrected chi connectivity index (χ2v) is 4.28. The molecule has 0 atom stereocenters. The number of carbonyl (C=O) groups excluding carboxylic acids is 1. The molecule has 4 nitrogen and oxygen atoms in total. The zero-order valence-electron chi connectivity index (χ0n) is 10.6. The van der Waals surface area contributed by atoms with Gasteiger partial charge in [-0.2, -0.15) is 0 Å². The molecule has 0 radical (unpaired) electrons. The first kappa shape index (κ1) is 12.4. The standard InChI is InChI=1S/C14H16N2O2/c1-11-3-5-13(6-4-11)8-16-10-15-7-14(16)9-18-12(2)17/h3-7,10H,8-9H2,1-2H3. The summed E-state index contributed by atoms with van der Waals surface area (Å²) in [4.78, 5) is 14.9. The molecular weight excluding hydrogens is 228 g/mol. The van der Waals surface area contributed by atoms with Gasteiger partial charge < -0.3 is 9.30 Å². The van der Waals surface area contributed by atoms with Gasteiger partial charge in [-0.15, -0.1) is 0 Å². The summed E-state index contributed by atoms with van der Waals surface area (Å²) in [5.74, 6) is -0.280. The highest BCUT2D eigenvalue weighted by Gasteiger charge is 2.04. The van der Waals surface area contributed by atoms with E-state index < -0.39 is 0 Å². The van der Waals surface area contributed by atoms with Crippen LogP contribution < -0.4 is 0 Å². The first-order valence-electron chi connectivity index (χ1n) is 5.83. The zero-order chi connectivity index (χ0) is 13.0. The topological polar surface area (TPSA) is 44.1 Å². The molecule has 4 heteroatoms. The summed E-state index contributed by atoms with van der Waals surface area (Å²) in [6, 6.07) is 8.34. The smallest absolute Gasteiger partial charge is 0.303 e. The molecule has 0 aliphatic rings. The minimum absolute atomic E-state index is 0.265. The Labute approximate surface area is 106 Å². The highest BCUT2D eigenvalue weighted by molar-refractivity contribution is 5.65. The summed E-state index contributed by atoms with van der Waals surface area (Å²) in [6.07, 6.45) is 3.47. The van der Waals surface area contributed by atoms with Gasteiger partial charge in [-0.3, -0.25) is 4.79 Å². The monoisotopic (exact) mass is 244 g/mol. The zero-order valence-corrected chi connectivity index (χ0v) is 10.6. The van der Waals surface area contributed by atoms with Crippen LogP contribution in [0.4, 0.5) is 0 Å². The van der Waals surface area contributed by atoms with E-state index in [2.05, 4.69) is 36.2 Å². The van der Waals surface area contributed by atoms with E-state index in [0.717, 1.165) is 12.2 Å². The Balaban J connectivity index is 2.07. The van der Waals surface area contributed by atoms with Crippen LogP contribution in [0.15, 0.2) is 36.8 Å². The number of carbonyl (C=O) groups is 1. The van der Waals surface area contributed by atoms with Crippen LogP contribution in [-0.4, -0.2) is 15.5 Å². The number of imidazole rings is 1. The van der Waals surface area contributed by atoms with Crippen LogP contribution in [0.1, 0.15) is 23.7 Å². The second-order valence-electron chi connectivity index (χ2n) is 4.28. The lowest BCUT2D eigenvalue weighted by atomic mass is 10.1. The van der Waals surface area contributed by atoms with Crippen molar-refractivity contribution in [3.8, 4) is 0 Å². The Bertz CT molecular complexity index is 529. The lowest BCUT2D eigenvalue weighted by Crippen LogP contribution is -2.06. The predicted octanol–water partition coefficient (Wildman–Crippen LogP) is 2.30. The Kier molecular flexibility index (Phi) is 3.77. The molecule has 0 amide bonds. The number of benzene rings is 1. The minimum Gasteiger partial charge on any atom is -0.459 e. The molecule has 1 heterocycles. The van der Waals surface area contributed by atoms with Crippen molar-refractivity contribution in [2.45, 2.75) is 27.0 Å². The lowest BCUT2D eigenvalue weighted by molar-refractivity contribution is -0.142. The third-order valence-electron chi connectivity index (χ3n) is 2.70. The summed E-state index contributed by atoms with van der Waals surface area (Å²) in [6.45, 7) is 4.46. The molecule has 0 saturated heterocycles. The molecule has 0 bridgehead atoms. The lowest BCUT2D eigenvalue weighted by Gasteiger charge is -2.08. The van der Waals surface area contributed by atoms with E-state index >= 15 is 0 Å². The molecular formula is C14H16N2O2.